The van der Waals surface area contributed by atoms with E-state index in [9.17, 15) is 15.0 Å². The summed E-state index contributed by atoms with van der Waals surface area (Å²) in [7, 11) is 0. The molecule has 18 heavy (non-hydrogen) atoms. The Labute approximate surface area is 110 Å². The van der Waals surface area contributed by atoms with Crippen LogP contribution in [0, 0.1) is 23.2 Å². The van der Waals surface area contributed by atoms with Crippen LogP contribution in [0.5, 0.6) is 0 Å². The summed E-state index contributed by atoms with van der Waals surface area (Å²) in [4.78, 5) is 11.8. The van der Waals surface area contributed by atoms with E-state index in [0.717, 1.165) is 44.9 Å². The molecule has 0 spiro atoms. The van der Waals surface area contributed by atoms with Gasteiger partial charge in [0.2, 0.25) is 0 Å². The van der Waals surface area contributed by atoms with Gasteiger partial charge in [0, 0.05) is 5.92 Å². The summed E-state index contributed by atoms with van der Waals surface area (Å²) >= 11 is 0. The summed E-state index contributed by atoms with van der Waals surface area (Å²) in [5, 5.41) is 19.7. The molecule has 0 saturated heterocycles. The van der Waals surface area contributed by atoms with Crippen molar-refractivity contribution in [2.24, 2.45) is 23.2 Å². The normalized spacial score (nSPS) is 41.2. The van der Waals surface area contributed by atoms with E-state index in [4.69, 9.17) is 0 Å². The number of carboxylic acids is 1. The Morgan fingerprint density at radius 3 is 2.17 bits per heavy atom. The summed E-state index contributed by atoms with van der Waals surface area (Å²) in [6.45, 7) is 4.45. The van der Waals surface area contributed by atoms with Gasteiger partial charge in [0.25, 0.3) is 0 Å². The maximum atomic E-state index is 11.8. The third-order valence-corrected chi connectivity index (χ3v) is 5.48. The molecule has 3 heteroatoms. The molecule has 0 aliphatic heterocycles. The van der Waals surface area contributed by atoms with Crippen LogP contribution in [0.4, 0.5) is 0 Å². The highest BCUT2D eigenvalue weighted by atomic mass is 16.4. The zero-order chi connectivity index (χ0) is 13.3. The summed E-state index contributed by atoms with van der Waals surface area (Å²) < 4.78 is 0. The second-order valence-electron chi connectivity index (χ2n) is 6.65. The molecule has 0 radical (unpaired) electrons. The number of hydrogen-bond donors (Lipinski definition) is 2. The van der Waals surface area contributed by atoms with Gasteiger partial charge in [-0.25, -0.2) is 0 Å². The zero-order valence-electron chi connectivity index (χ0n) is 11.6. The molecule has 2 aliphatic rings. The molecule has 2 rings (SSSR count). The van der Waals surface area contributed by atoms with E-state index >= 15 is 0 Å². The van der Waals surface area contributed by atoms with E-state index in [1.165, 1.54) is 0 Å². The third kappa shape index (κ3) is 2.29. The minimum Gasteiger partial charge on any atom is -0.481 e. The Hall–Kier alpha value is -0.570. The minimum absolute atomic E-state index is 0.0110. The second kappa shape index (κ2) is 5.20. The van der Waals surface area contributed by atoms with Gasteiger partial charge in [-0.2, -0.15) is 0 Å². The monoisotopic (exact) mass is 254 g/mol. The van der Waals surface area contributed by atoms with E-state index in [0.29, 0.717) is 11.8 Å². The molecule has 2 N–H and O–H groups in total. The van der Waals surface area contributed by atoms with E-state index in [1.54, 1.807) is 0 Å². The van der Waals surface area contributed by atoms with E-state index in [1.807, 2.05) is 0 Å². The number of aliphatic carboxylic acids is 1. The van der Waals surface area contributed by atoms with Gasteiger partial charge in [-0.3, -0.25) is 4.79 Å². The van der Waals surface area contributed by atoms with Crippen LogP contribution in [0.15, 0.2) is 0 Å². The molecule has 2 atom stereocenters. The number of hydrogen-bond acceptors (Lipinski definition) is 2. The lowest BCUT2D eigenvalue weighted by Gasteiger charge is -2.43. The van der Waals surface area contributed by atoms with E-state index in [2.05, 4.69) is 13.8 Å². The average molecular weight is 254 g/mol. The quantitative estimate of drug-likeness (QED) is 0.813. The van der Waals surface area contributed by atoms with Crippen LogP contribution in [-0.4, -0.2) is 22.3 Å². The fourth-order valence-electron chi connectivity index (χ4n) is 4.15. The van der Waals surface area contributed by atoms with Crippen LogP contribution in [0.25, 0.3) is 0 Å². The van der Waals surface area contributed by atoms with Gasteiger partial charge in [-0.05, 0) is 50.4 Å². The molecule has 0 aromatic carbocycles. The van der Waals surface area contributed by atoms with Gasteiger partial charge in [0.1, 0.15) is 0 Å². The Kier molecular flexibility index (Phi) is 4.00. The average Bonchev–Trinajstić information content (AvgIpc) is 2.75. The molecular weight excluding hydrogens is 228 g/mol. The zero-order valence-corrected chi connectivity index (χ0v) is 11.6. The summed E-state index contributed by atoms with van der Waals surface area (Å²) in [6.07, 6.45) is 5.79. The van der Waals surface area contributed by atoms with Crippen molar-refractivity contribution < 1.29 is 15.0 Å². The predicted molar refractivity (Wildman–Crippen MR) is 70.2 cm³/mol. The molecule has 2 aliphatic carbocycles. The Bertz CT molecular complexity index is 303. The number of carbonyl (C=O) groups is 1. The predicted octanol–water partition coefficient (Wildman–Crippen LogP) is 3.06. The SMILES string of the molecule is CC(C)C1CCC(C(=O)O)(C2CCCC2O)CC1. The summed E-state index contributed by atoms with van der Waals surface area (Å²) in [5.41, 5.74) is -0.638. The van der Waals surface area contributed by atoms with Gasteiger partial charge in [0.05, 0.1) is 11.5 Å². The summed E-state index contributed by atoms with van der Waals surface area (Å²) in [5.74, 6) is 0.625. The van der Waals surface area contributed by atoms with Crippen molar-refractivity contribution in [1.29, 1.82) is 0 Å². The largest absolute Gasteiger partial charge is 0.481 e. The molecule has 2 fully saturated rings. The molecule has 3 nitrogen and oxygen atoms in total. The maximum Gasteiger partial charge on any atom is 0.310 e. The van der Waals surface area contributed by atoms with Crippen molar-refractivity contribution in [3.63, 3.8) is 0 Å². The highest BCUT2D eigenvalue weighted by Crippen LogP contribution is 2.51. The van der Waals surface area contributed by atoms with Gasteiger partial charge in [-0.15, -0.1) is 0 Å². The van der Waals surface area contributed by atoms with Crippen LogP contribution >= 0.6 is 0 Å². The van der Waals surface area contributed by atoms with Crippen molar-refractivity contribution in [1.82, 2.24) is 0 Å². The van der Waals surface area contributed by atoms with E-state index < -0.39 is 17.5 Å². The fourth-order valence-corrected chi connectivity index (χ4v) is 4.15. The lowest BCUT2D eigenvalue weighted by atomic mass is 9.61. The van der Waals surface area contributed by atoms with Crippen LogP contribution in [0.3, 0.4) is 0 Å². The molecule has 0 amide bonds. The van der Waals surface area contributed by atoms with Gasteiger partial charge < -0.3 is 10.2 Å². The van der Waals surface area contributed by atoms with Gasteiger partial charge in [0.15, 0.2) is 0 Å². The van der Waals surface area contributed by atoms with Crippen LogP contribution in [0.2, 0.25) is 0 Å². The lowest BCUT2D eigenvalue weighted by Crippen LogP contribution is -2.45. The van der Waals surface area contributed by atoms with Crippen LogP contribution in [0.1, 0.15) is 58.8 Å². The molecule has 0 aromatic heterocycles. The van der Waals surface area contributed by atoms with Crippen LogP contribution < -0.4 is 0 Å². The highest BCUT2D eigenvalue weighted by Gasteiger charge is 2.51. The second-order valence-corrected chi connectivity index (χ2v) is 6.65. The first-order valence-electron chi connectivity index (χ1n) is 7.39. The maximum absolute atomic E-state index is 11.8. The molecular formula is C15H26O3. The number of rotatable bonds is 3. The lowest BCUT2D eigenvalue weighted by molar-refractivity contribution is -0.159. The Morgan fingerprint density at radius 2 is 1.78 bits per heavy atom. The first kappa shape index (κ1) is 13.9. The molecule has 2 saturated carbocycles. The van der Waals surface area contributed by atoms with Gasteiger partial charge in [-0.1, -0.05) is 20.3 Å². The van der Waals surface area contributed by atoms with Gasteiger partial charge >= 0.3 is 5.97 Å². The molecule has 2 unspecified atom stereocenters. The number of aliphatic hydroxyl groups excluding tert-OH is 1. The van der Waals surface area contributed by atoms with Crippen molar-refractivity contribution >= 4 is 5.97 Å². The molecule has 104 valence electrons. The number of carboxylic acid groups (broad SMARTS) is 1. The topological polar surface area (TPSA) is 57.5 Å². The van der Waals surface area contributed by atoms with Crippen molar-refractivity contribution in [2.75, 3.05) is 0 Å². The molecule has 0 bridgehead atoms. The van der Waals surface area contributed by atoms with Crippen molar-refractivity contribution in [3.8, 4) is 0 Å². The Balaban J connectivity index is 2.13. The highest BCUT2D eigenvalue weighted by molar-refractivity contribution is 5.75. The summed E-state index contributed by atoms with van der Waals surface area (Å²) in [6, 6.07) is 0. The van der Waals surface area contributed by atoms with Crippen LogP contribution in [-0.2, 0) is 4.79 Å². The smallest absolute Gasteiger partial charge is 0.310 e. The fraction of sp³-hybridized carbons (Fsp3) is 0.933. The molecule has 0 aromatic rings. The van der Waals surface area contributed by atoms with E-state index in [-0.39, 0.29) is 5.92 Å². The first-order valence-corrected chi connectivity index (χ1v) is 7.39. The standard InChI is InChI=1S/C15H26O3/c1-10(2)11-6-8-15(9-7-11,14(17)18)12-4-3-5-13(12)16/h10-13,16H,3-9H2,1-2H3,(H,17,18). The Morgan fingerprint density at radius 1 is 1.17 bits per heavy atom. The number of aliphatic hydroxyl groups is 1. The van der Waals surface area contributed by atoms with Crippen molar-refractivity contribution in [2.45, 2.75) is 64.9 Å². The molecule has 0 heterocycles. The third-order valence-electron chi connectivity index (χ3n) is 5.48. The first-order chi connectivity index (χ1) is 8.47. The minimum atomic E-state index is -0.671. The van der Waals surface area contributed by atoms with Crippen molar-refractivity contribution in [3.05, 3.63) is 0 Å².